The topological polar surface area (TPSA) is 41.5 Å². The molecule has 0 aliphatic carbocycles. The van der Waals surface area contributed by atoms with E-state index < -0.39 is 0 Å². The summed E-state index contributed by atoms with van der Waals surface area (Å²) in [6.45, 7) is 1.12. The van der Waals surface area contributed by atoms with Crippen LogP contribution in [0.25, 0.3) is 0 Å². The Morgan fingerprint density at radius 3 is 2.53 bits per heavy atom. The van der Waals surface area contributed by atoms with Crippen molar-refractivity contribution in [3.63, 3.8) is 0 Å². The molecule has 19 heavy (non-hydrogen) atoms. The summed E-state index contributed by atoms with van der Waals surface area (Å²) < 4.78 is 17.8. The van der Waals surface area contributed by atoms with Gasteiger partial charge in [-0.25, -0.2) is 4.39 Å². The Kier molecular flexibility index (Phi) is 4.36. The number of hydrogen-bond donors (Lipinski definition) is 2. The van der Waals surface area contributed by atoms with Gasteiger partial charge in [0.1, 0.15) is 5.82 Å². The number of hydrogen-bond acceptors (Lipinski definition) is 3. The first kappa shape index (κ1) is 13.4. The summed E-state index contributed by atoms with van der Waals surface area (Å²) >= 11 is 0. The molecule has 0 spiro atoms. The van der Waals surface area contributed by atoms with Crippen LogP contribution in [0.4, 0.5) is 4.39 Å². The average molecular weight is 261 g/mol. The molecular formula is C15H16FNO2. The molecule has 3 nitrogen and oxygen atoms in total. The van der Waals surface area contributed by atoms with Gasteiger partial charge in [-0.3, -0.25) is 0 Å². The fourth-order valence-corrected chi connectivity index (χ4v) is 1.82. The quantitative estimate of drug-likeness (QED) is 0.869. The SMILES string of the molecule is COc1cccc(CNCc2ccc(F)cc2)c1O. The van der Waals surface area contributed by atoms with Crippen LogP contribution in [0.1, 0.15) is 11.1 Å². The predicted molar refractivity (Wildman–Crippen MR) is 71.6 cm³/mol. The highest BCUT2D eigenvalue weighted by atomic mass is 19.1. The number of benzene rings is 2. The van der Waals surface area contributed by atoms with E-state index in [0.717, 1.165) is 11.1 Å². The van der Waals surface area contributed by atoms with E-state index in [-0.39, 0.29) is 11.6 Å². The van der Waals surface area contributed by atoms with Gasteiger partial charge in [0.2, 0.25) is 0 Å². The van der Waals surface area contributed by atoms with Crippen LogP contribution in [0.2, 0.25) is 0 Å². The molecule has 0 bridgehead atoms. The van der Waals surface area contributed by atoms with Crippen molar-refractivity contribution < 1.29 is 14.2 Å². The van der Waals surface area contributed by atoms with Crippen molar-refractivity contribution in [2.45, 2.75) is 13.1 Å². The molecule has 0 aliphatic rings. The fourth-order valence-electron chi connectivity index (χ4n) is 1.82. The molecule has 0 heterocycles. The van der Waals surface area contributed by atoms with Crippen LogP contribution in [0.5, 0.6) is 11.5 Å². The number of para-hydroxylation sites is 1. The summed E-state index contributed by atoms with van der Waals surface area (Å²) in [4.78, 5) is 0. The Morgan fingerprint density at radius 1 is 1.11 bits per heavy atom. The van der Waals surface area contributed by atoms with Crippen LogP contribution in [0.15, 0.2) is 42.5 Å². The number of phenolic OH excluding ortho intramolecular Hbond substituents is 1. The van der Waals surface area contributed by atoms with Crippen molar-refractivity contribution >= 4 is 0 Å². The summed E-state index contributed by atoms with van der Waals surface area (Å²) in [7, 11) is 1.52. The van der Waals surface area contributed by atoms with E-state index in [9.17, 15) is 9.50 Å². The largest absolute Gasteiger partial charge is 0.504 e. The third-order valence-corrected chi connectivity index (χ3v) is 2.86. The molecule has 0 saturated carbocycles. The zero-order chi connectivity index (χ0) is 13.7. The van der Waals surface area contributed by atoms with Gasteiger partial charge in [-0.15, -0.1) is 0 Å². The lowest BCUT2D eigenvalue weighted by Gasteiger charge is -2.09. The van der Waals surface area contributed by atoms with Crippen LogP contribution in [-0.4, -0.2) is 12.2 Å². The van der Waals surface area contributed by atoms with Crippen LogP contribution >= 0.6 is 0 Å². The Bertz CT molecular complexity index is 540. The van der Waals surface area contributed by atoms with Gasteiger partial charge in [0.25, 0.3) is 0 Å². The molecule has 2 N–H and O–H groups in total. The molecule has 0 saturated heterocycles. The molecule has 2 aromatic carbocycles. The maximum atomic E-state index is 12.7. The van der Waals surface area contributed by atoms with E-state index in [2.05, 4.69) is 5.32 Å². The number of rotatable bonds is 5. The van der Waals surface area contributed by atoms with Crippen molar-refractivity contribution in [2.24, 2.45) is 0 Å². The molecule has 0 fully saturated rings. The van der Waals surface area contributed by atoms with Gasteiger partial charge in [0, 0.05) is 18.7 Å². The predicted octanol–water partition coefficient (Wildman–Crippen LogP) is 2.83. The second-order valence-corrected chi connectivity index (χ2v) is 4.20. The first-order valence-corrected chi connectivity index (χ1v) is 6.00. The molecule has 0 unspecified atom stereocenters. The Labute approximate surface area is 111 Å². The number of methoxy groups -OCH3 is 1. The number of nitrogens with one attached hydrogen (secondary N) is 1. The maximum Gasteiger partial charge on any atom is 0.162 e. The van der Waals surface area contributed by atoms with Crippen molar-refractivity contribution in [1.82, 2.24) is 5.32 Å². The van der Waals surface area contributed by atoms with Gasteiger partial charge in [-0.05, 0) is 23.8 Å². The minimum Gasteiger partial charge on any atom is -0.504 e. The minimum absolute atomic E-state index is 0.150. The van der Waals surface area contributed by atoms with Crippen LogP contribution < -0.4 is 10.1 Å². The molecule has 100 valence electrons. The van der Waals surface area contributed by atoms with E-state index in [1.807, 2.05) is 12.1 Å². The Balaban J connectivity index is 1.94. The smallest absolute Gasteiger partial charge is 0.162 e. The van der Waals surface area contributed by atoms with Gasteiger partial charge in [0.15, 0.2) is 11.5 Å². The van der Waals surface area contributed by atoms with Crippen LogP contribution in [0.3, 0.4) is 0 Å². The molecule has 0 aliphatic heterocycles. The minimum atomic E-state index is -0.241. The van der Waals surface area contributed by atoms with Gasteiger partial charge >= 0.3 is 0 Å². The summed E-state index contributed by atoms with van der Waals surface area (Å²) in [6.07, 6.45) is 0. The van der Waals surface area contributed by atoms with Gasteiger partial charge < -0.3 is 15.2 Å². The van der Waals surface area contributed by atoms with Gasteiger partial charge in [-0.1, -0.05) is 24.3 Å². The first-order valence-electron chi connectivity index (χ1n) is 6.00. The van der Waals surface area contributed by atoms with Gasteiger partial charge in [0.05, 0.1) is 7.11 Å². The van der Waals surface area contributed by atoms with Crippen LogP contribution in [-0.2, 0) is 13.1 Å². The molecule has 0 aromatic heterocycles. The number of ether oxygens (including phenoxy) is 1. The lowest BCUT2D eigenvalue weighted by atomic mass is 10.1. The highest BCUT2D eigenvalue weighted by molar-refractivity contribution is 5.45. The number of halogens is 1. The monoisotopic (exact) mass is 261 g/mol. The second kappa shape index (κ2) is 6.20. The highest BCUT2D eigenvalue weighted by Crippen LogP contribution is 2.29. The van der Waals surface area contributed by atoms with Crippen molar-refractivity contribution in [3.05, 3.63) is 59.4 Å². The summed E-state index contributed by atoms with van der Waals surface area (Å²) in [5, 5.41) is 13.1. The highest BCUT2D eigenvalue weighted by Gasteiger charge is 2.06. The summed E-state index contributed by atoms with van der Waals surface area (Å²) in [6, 6.07) is 11.7. The fraction of sp³-hybridized carbons (Fsp3) is 0.200. The third kappa shape index (κ3) is 3.45. The van der Waals surface area contributed by atoms with E-state index >= 15 is 0 Å². The number of phenols is 1. The second-order valence-electron chi connectivity index (χ2n) is 4.20. The Hall–Kier alpha value is -2.07. The molecular weight excluding hydrogens is 245 g/mol. The normalized spacial score (nSPS) is 10.4. The van der Waals surface area contributed by atoms with Crippen molar-refractivity contribution in [3.8, 4) is 11.5 Å². The standard InChI is InChI=1S/C15H16FNO2/c1-19-14-4-2-3-12(15(14)18)10-17-9-11-5-7-13(16)8-6-11/h2-8,17-18H,9-10H2,1H3. The zero-order valence-corrected chi connectivity index (χ0v) is 10.7. The van der Waals surface area contributed by atoms with E-state index in [4.69, 9.17) is 4.74 Å². The molecule has 2 aromatic rings. The maximum absolute atomic E-state index is 12.7. The zero-order valence-electron chi connectivity index (χ0n) is 10.7. The van der Waals surface area contributed by atoms with Crippen molar-refractivity contribution in [1.29, 1.82) is 0 Å². The van der Waals surface area contributed by atoms with E-state index in [1.165, 1.54) is 19.2 Å². The molecule has 0 atom stereocenters. The van der Waals surface area contributed by atoms with E-state index in [0.29, 0.717) is 18.8 Å². The third-order valence-electron chi connectivity index (χ3n) is 2.86. The van der Waals surface area contributed by atoms with Crippen molar-refractivity contribution in [2.75, 3.05) is 7.11 Å². The lowest BCUT2D eigenvalue weighted by Crippen LogP contribution is -2.12. The summed E-state index contributed by atoms with van der Waals surface area (Å²) in [5.41, 5.74) is 1.75. The van der Waals surface area contributed by atoms with Gasteiger partial charge in [-0.2, -0.15) is 0 Å². The first-order chi connectivity index (χ1) is 9.20. The number of aromatic hydroxyl groups is 1. The molecule has 0 radical (unpaired) electrons. The molecule has 4 heteroatoms. The van der Waals surface area contributed by atoms with Crippen LogP contribution in [0, 0.1) is 5.82 Å². The molecule has 2 rings (SSSR count). The lowest BCUT2D eigenvalue weighted by molar-refractivity contribution is 0.369. The summed E-state index contributed by atoms with van der Waals surface area (Å²) in [5.74, 6) is 0.367. The Morgan fingerprint density at radius 2 is 1.84 bits per heavy atom. The molecule has 0 amide bonds. The average Bonchev–Trinajstić information content (AvgIpc) is 2.43. The van der Waals surface area contributed by atoms with E-state index in [1.54, 1.807) is 18.2 Å².